The van der Waals surface area contributed by atoms with Crippen molar-refractivity contribution in [3.63, 3.8) is 0 Å². The van der Waals surface area contributed by atoms with Crippen LogP contribution in [0.25, 0.3) is 0 Å². The molecule has 0 bridgehead atoms. The molecule has 1 aliphatic rings. The van der Waals surface area contributed by atoms with E-state index in [9.17, 15) is 8.42 Å². The highest BCUT2D eigenvalue weighted by Gasteiger charge is 2.28. The van der Waals surface area contributed by atoms with Gasteiger partial charge in [-0.15, -0.1) is 0 Å². The highest BCUT2D eigenvalue weighted by atomic mass is 32.2. The predicted octanol–water partition coefficient (Wildman–Crippen LogP) is 1.22. The fraction of sp³-hybridized carbons (Fsp3) is 1.00. The Labute approximate surface area is 99.0 Å². The molecule has 0 heterocycles. The molecule has 0 aromatic rings. The molecule has 0 amide bonds. The lowest BCUT2D eigenvalue weighted by Gasteiger charge is -2.21. The first kappa shape index (κ1) is 13.9. The first-order valence-corrected chi connectivity index (χ1v) is 7.60. The molecule has 16 heavy (non-hydrogen) atoms. The smallest absolute Gasteiger partial charge is 0.211 e. The monoisotopic (exact) mass is 248 g/mol. The SMILES string of the molecule is CC(C)(C)CCS(=O)(=O)NC1CCCC1N. The summed E-state index contributed by atoms with van der Waals surface area (Å²) < 4.78 is 26.3. The Morgan fingerprint density at radius 3 is 2.38 bits per heavy atom. The average molecular weight is 248 g/mol. The van der Waals surface area contributed by atoms with Crippen LogP contribution >= 0.6 is 0 Å². The van der Waals surface area contributed by atoms with Gasteiger partial charge in [-0.1, -0.05) is 27.2 Å². The van der Waals surface area contributed by atoms with Crippen molar-refractivity contribution in [2.75, 3.05) is 5.75 Å². The Balaban J connectivity index is 2.46. The minimum absolute atomic E-state index is 0.00980. The zero-order valence-corrected chi connectivity index (χ0v) is 11.3. The fourth-order valence-electron chi connectivity index (χ4n) is 1.87. The van der Waals surface area contributed by atoms with Gasteiger partial charge in [0.15, 0.2) is 0 Å². The van der Waals surface area contributed by atoms with Gasteiger partial charge in [-0.05, 0) is 24.7 Å². The van der Waals surface area contributed by atoms with E-state index in [1.807, 2.05) is 20.8 Å². The van der Waals surface area contributed by atoms with Crippen molar-refractivity contribution in [2.45, 2.75) is 58.5 Å². The molecule has 0 spiro atoms. The quantitative estimate of drug-likeness (QED) is 0.786. The standard InChI is InChI=1S/C11H24N2O2S/c1-11(2,3)7-8-16(14,15)13-10-6-4-5-9(10)12/h9-10,13H,4-8,12H2,1-3H3. The zero-order valence-electron chi connectivity index (χ0n) is 10.5. The highest BCUT2D eigenvalue weighted by molar-refractivity contribution is 7.89. The van der Waals surface area contributed by atoms with Crippen LogP contribution in [0.1, 0.15) is 46.5 Å². The molecule has 1 aliphatic carbocycles. The van der Waals surface area contributed by atoms with Crippen molar-refractivity contribution >= 4 is 10.0 Å². The van der Waals surface area contributed by atoms with E-state index in [2.05, 4.69) is 4.72 Å². The molecule has 5 heteroatoms. The van der Waals surface area contributed by atoms with Crippen molar-refractivity contribution in [1.29, 1.82) is 0 Å². The Morgan fingerprint density at radius 2 is 1.94 bits per heavy atom. The van der Waals surface area contributed by atoms with Crippen LogP contribution in [-0.2, 0) is 10.0 Å². The molecular formula is C11H24N2O2S. The molecule has 2 atom stereocenters. The van der Waals surface area contributed by atoms with Gasteiger partial charge in [-0.3, -0.25) is 0 Å². The summed E-state index contributed by atoms with van der Waals surface area (Å²) in [6.45, 7) is 6.14. The fourth-order valence-corrected chi connectivity index (χ4v) is 3.62. The Hall–Kier alpha value is -0.130. The lowest BCUT2D eigenvalue weighted by atomic mass is 9.94. The molecule has 0 aromatic heterocycles. The average Bonchev–Trinajstić information content (AvgIpc) is 2.47. The van der Waals surface area contributed by atoms with E-state index in [4.69, 9.17) is 5.73 Å². The van der Waals surface area contributed by atoms with E-state index in [1.54, 1.807) is 0 Å². The summed E-state index contributed by atoms with van der Waals surface area (Å²) in [6.07, 6.45) is 3.49. The van der Waals surface area contributed by atoms with Gasteiger partial charge in [-0.25, -0.2) is 13.1 Å². The van der Waals surface area contributed by atoms with Gasteiger partial charge in [-0.2, -0.15) is 0 Å². The summed E-state index contributed by atoms with van der Waals surface area (Å²) in [4.78, 5) is 0. The molecule has 2 unspecified atom stereocenters. The summed E-state index contributed by atoms with van der Waals surface area (Å²) in [7, 11) is -3.16. The molecule has 4 nitrogen and oxygen atoms in total. The van der Waals surface area contributed by atoms with Crippen LogP contribution in [0.15, 0.2) is 0 Å². The third kappa shape index (κ3) is 4.80. The topological polar surface area (TPSA) is 72.2 Å². The van der Waals surface area contributed by atoms with Crippen molar-refractivity contribution < 1.29 is 8.42 Å². The van der Waals surface area contributed by atoms with Gasteiger partial charge >= 0.3 is 0 Å². The molecule has 96 valence electrons. The van der Waals surface area contributed by atoms with Crippen molar-refractivity contribution in [3.8, 4) is 0 Å². The zero-order chi connectivity index (χ0) is 12.4. The third-order valence-corrected chi connectivity index (χ3v) is 4.42. The minimum atomic E-state index is -3.16. The molecule has 0 radical (unpaired) electrons. The second-order valence-electron chi connectivity index (χ2n) is 5.95. The van der Waals surface area contributed by atoms with Crippen molar-refractivity contribution in [1.82, 2.24) is 4.72 Å². The van der Waals surface area contributed by atoms with Crippen LogP contribution in [0.2, 0.25) is 0 Å². The largest absolute Gasteiger partial charge is 0.326 e. The number of hydrogen-bond donors (Lipinski definition) is 2. The Bertz CT molecular complexity index is 319. The summed E-state index contributed by atoms with van der Waals surface area (Å²) >= 11 is 0. The van der Waals surface area contributed by atoms with E-state index >= 15 is 0 Å². The lowest BCUT2D eigenvalue weighted by Crippen LogP contribution is -2.45. The number of nitrogens with one attached hydrogen (secondary N) is 1. The van der Waals surface area contributed by atoms with Gasteiger partial charge in [0.25, 0.3) is 0 Å². The maximum absolute atomic E-state index is 11.8. The van der Waals surface area contributed by atoms with E-state index in [-0.39, 0.29) is 23.3 Å². The van der Waals surface area contributed by atoms with Gasteiger partial charge < -0.3 is 5.73 Å². The first-order chi connectivity index (χ1) is 7.20. The molecular weight excluding hydrogens is 224 g/mol. The number of nitrogens with two attached hydrogens (primary N) is 1. The van der Waals surface area contributed by atoms with E-state index in [0.717, 1.165) is 19.3 Å². The number of hydrogen-bond acceptors (Lipinski definition) is 3. The highest BCUT2D eigenvalue weighted by Crippen LogP contribution is 2.21. The number of sulfonamides is 1. The second kappa shape index (κ2) is 5.02. The van der Waals surface area contributed by atoms with Crippen LogP contribution in [0.5, 0.6) is 0 Å². The number of rotatable bonds is 4. The van der Waals surface area contributed by atoms with Crippen molar-refractivity contribution in [3.05, 3.63) is 0 Å². The Morgan fingerprint density at radius 1 is 1.31 bits per heavy atom. The molecule has 3 N–H and O–H groups in total. The van der Waals surface area contributed by atoms with Crippen LogP contribution in [0.4, 0.5) is 0 Å². The molecule has 1 rings (SSSR count). The molecule has 0 aliphatic heterocycles. The lowest BCUT2D eigenvalue weighted by molar-refractivity contribution is 0.395. The second-order valence-corrected chi connectivity index (χ2v) is 7.82. The molecule has 1 saturated carbocycles. The maximum atomic E-state index is 11.8. The summed E-state index contributed by atoms with van der Waals surface area (Å²) in [5.74, 6) is 0.194. The van der Waals surface area contributed by atoms with Gasteiger partial charge in [0.05, 0.1) is 5.75 Å². The van der Waals surface area contributed by atoms with Crippen LogP contribution in [0.3, 0.4) is 0 Å². The summed E-state index contributed by atoms with van der Waals surface area (Å²) in [6, 6.07) is -0.0608. The van der Waals surface area contributed by atoms with Crippen LogP contribution < -0.4 is 10.5 Å². The summed E-state index contributed by atoms with van der Waals surface area (Å²) in [5, 5.41) is 0. The van der Waals surface area contributed by atoms with Crippen molar-refractivity contribution in [2.24, 2.45) is 11.1 Å². The molecule has 0 saturated heterocycles. The van der Waals surface area contributed by atoms with E-state index in [0.29, 0.717) is 6.42 Å². The van der Waals surface area contributed by atoms with Crippen LogP contribution in [0, 0.1) is 5.41 Å². The predicted molar refractivity (Wildman–Crippen MR) is 66.6 cm³/mol. The minimum Gasteiger partial charge on any atom is -0.326 e. The first-order valence-electron chi connectivity index (χ1n) is 5.95. The summed E-state index contributed by atoms with van der Waals surface area (Å²) in [5.41, 5.74) is 5.89. The van der Waals surface area contributed by atoms with E-state index in [1.165, 1.54) is 0 Å². The van der Waals surface area contributed by atoms with Crippen LogP contribution in [-0.4, -0.2) is 26.3 Å². The molecule has 1 fully saturated rings. The molecule has 0 aromatic carbocycles. The maximum Gasteiger partial charge on any atom is 0.211 e. The van der Waals surface area contributed by atoms with E-state index < -0.39 is 10.0 Å². The third-order valence-electron chi connectivity index (χ3n) is 3.02. The van der Waals surface area contributed by atoms with Gasteiger partial charge in [0.1, 0.15) is 0 Å². The van der Waals surface area contributed by atoms with Gasteiger partial charge in [0, 0.05) is 12.1 Å². The van der Waals surface area contributed by atoms with Gasteiger partial charge in [0.2, 0.25) is 10.0 Å². The Kier molecular flexibility index (Phi) is 4.37. The normalized spacial score (nSPS) is 27.2.